The van der Waals surface area contributed by atoms with Gasteiger partial charge >= 0.3 is 5.97 Å². The van der Waals surface area contributed by atoms with Crippen molar-refractivity contribution in [2.45, 2.75) is 13.8 Å². The van der Waals surface area contributed by atoms with E-state index in [0.717, 1.165) is 5.56 Å². The minimum atomic E-state index is -0.925. The quantitative estimate of drug-likeness (QED) is 0.889. The van der Waals surface area contributed by atoms with E-state index in [1.165, 1.54) is 11.3 Å². The number of carboxylic acid groups (broad SMARTS) is 1. The molecule has 2 aromatic rings. The zero-order valence-corrected chi connectivity index (χ0v) is 15.2. The van der Waals surface area contributed by atoms with Gasteiger partial charge in [0.05, 0.1) is 5.41 Å². The molecule has 1 saturated heterocycles. The zero-order chi connectivity index (χ0) is 18.5. The highest BCUT2D eigenvalue weighted by Crippen LogP contribution is 2.38. The maximum Gasteiger partial charge on any atom is 0.311 e. The molecule has 8 heteroatoms. The number of rotatable bonds is 3. The van der Waals surface area contributed by atoms with Crippen LogP contribution in [0.5, 0.6) is 11.5 Å². The van der Waals surface area contributed by atoms with Gasteiger partial charge in [0.2, 0.25) is 6.79 Å². The monoisotopic (exact) mass is 374 g/mol. The molecule has 7 nitrogen and oxygen atoms in total. The first-order chi connectivity index (χ1) is 12.4. The van der Waals surface area contributed by atoms with Crippen molar-refractivity contribution in [1.82, 2.24) is 9.88 Å². The van der Waals surface area contributed by atoms with Crippen molar-refractivity contribution in [3.63, 3.8) is 0 Å². The number of nitrogens with zero attached hydrogens (tertiary/aromatic N) is 2. The number of hydrogen-bond acceptors (Lipinski definition) is 6. The maximum absolute atomic E-state index is 12.8. The fraction of sp³-hybridized carbons (Fsp3) is 0.389. The first kappa shape index (κ1) is 16.8. The summed E-state index contributed by atoms with van der Waals surface area (Å²) in [5.74, 6) is 0.136. The molecule has 0 aliphatic carbocycles. The first-order valence-electron chi connectivity index (χ1n) is 8.27. The predicted molar refractivity (Wildman–Crippen MR) is 94.5 cm³/mol. The summed E-state index contributed by atoms with van der Waals surface area (Å²) in [6, 6.07) is 5.54. The van der Waals surface area contributed by atoms with Crippen molar-refractivity contribution in [2.75, 3.05) is 19.9 Å². The number of aliphatic carboxylic acids is 1. The average molecular weight is 374 g/mol. The van der Waals surface area contributed by atoms with Gasteiger partial charge in [0.15, 0.2) is 11.5 Å². The summed E-state index contributed by atoms with van der Waals surface area (Å²) >= 11 is 1.37. The van der Waals surface area contributed by atoms with E-state index in [1.807, 2.05) is 25.1 Å². The molecule has 1 fully saturated rings. The van der Waals surface area contributed by atoms with Gasteiger partial charge in [-0.15, -0.1) is 11.3 Å². The van der Waals surface area contributed by atoms with Crippen LogP contribution in [-0.4, -0.2) is 46.7 Å². The second kappa shape index (κ2) is 5.98. The van der Waals surface area contributed by atoms with Crippen molar-refractivity contribution in [3.8, 4) is 22.1 Å². The smallest absolute Gasteiger partial charge is 0.311 e. The molecule has 4 rings (SSSR count). The molecule has 136 valence electrons. The molecular formula is C18H18N2O5S. The van der Waals surface area contributed by atoms with E-state index < -0.39 is 11.4 Å². The molecule has 1 N–H and O–H groups in total. The van der Waals surface area contributed by atoms with Crippen LogP contribution < -0.4 is 9.47 Å². The lowest BCUT2D eigenvalue weighted by Crippen LogP contribution is -2.36. The highest BCUT2D eigenvalue weighted by molar-refractivity contribution is 7.13. The average Bonchev–Trinajstić information content (AvgIpc) is 3.33. The number of thiazole rings is 1. The van der Waals surface area contributed by atoms with Gasteiger partial charge in [0, 0.05) is 24.0 Å². The van der Waals surface area contributed by atoms with Gasteiger partial charge in [0.1, 0.15) is 10.7 Å². The van der Waals surface area contributed by atoms with Crippen LogP contribution >= 0.6 is 11.3 Å². The molecule has 2 atom stereocenters. The summed E-state index contributed by atoms with van der Waals surface area (Å²) in [6.07, 6.45) is 0. The van der Waals surface area contributed by atoms with Crippen LogP contribution in [0.2, 0.25) is 0 Å². The van der Waals surface area contributed by atoms with E-state index in [-0.39, 0.29) is 25.2 Å². The van der Waals surface area contributed by atoms with Gasteiger partial charge in [-0.3, -0.25) is 9.59 Å². The van der Waals surface area contributed by atoms with Crippen molar-refractivity contribution in [2.24, 2.45) is 11.3 Å². The molecule has 0 saturated carbocycles. The van der Waals surface area contributed by atoms with E-state index in [9.17, 15) is 14.7 Å². The molecular weight excluding hydrogens is 356 g/mol. The summed E-state index contributed by atoms with van der Waals surface area (Å²) in [7, 11) is 0. The Bertz CT molecular complexity index is 895. The number of amides is 1. The Balaban J connectivity index is 1.55. The number of carboxylic acids is 1. The number of carbonyl (C=O) groups excluding carboxylic acids is 1. The molecule has 2 aliphatic rings. The molecule has 0 unspecified atom stereocenters. The second-order valence-corrected chi connectivity index (χ2v) is 7.77. The van der Waals surface area contributed by atoms with E-state index in [2.05, 4.69) is 4.98 Å². The molecule has 0 bridgehead atoms. The lowest BCUT2D eigenvalue weighted by atomic mass is 9.81. The molecule has 2 aliphatic heterocycles. The van der Waals surface area contributed by atoms with Gasteiger partial charge in [0.25, 0.3) is 5.91 Å². The number of ether oxygens (including phenoxy) is 2. The minimum Gasteiger partial charge on any atom is -0.481 e. The SMILES string of the molecule is C[C@@H]1CN(C(=O)c2csc(-c3ccc4c(c3)OCO4)n2)C[C@@]1(C)C(=O)O. The number of likely N-dealkylation sites (tertiary alicyclic amines) is 1. The van der Waals surface area contributed by atoms with Crippen molar-refractivity contribution in [3.05, 3.63) is 29.3 Å². The minimum absolute atomic E-state index is 0.115. The van der Waals surface area contributed by atoms with E-state index >= 15 is 0 Å². The van der Waals surface area contributed by atoms with Crippen LogP contribution in [0.15, 0.2) is 23.6 Å². The maximum atomic E-state index is 12.8. The van der Waals surface area contributed by atoms with Gasteiger partial charge in [-0.1, -0.05) is 6.92 Å². The Morgan fingerprint density at radius 2 is 2.12 bits per heavy atom. The van der Waals surface area contributed by atoms with Crippen LogP contribution in [0, 0.1) is 11.3 Å². The molecule has 0 spiro atoms. The third-order valence-electron chi connectivity index (χ3n) is 5.22. The van der Waals surface area contributed by atoms with Crippen LogP contribution in [0.4, 0.5) is 0 Å². The van der Waals surface area contributed by atoms with Gasteiger partial charge in [-0.05, 0) is 31.0 Å². The summed E-state index contributed by atoms with van der Waals surface area (Å²) < 4.78 is 10.7. The third-order valence-corrected chi connectivity index (χ3v) is 6.11. The number of hydrogen-bond donors (Lipinski definition) is 1. The Morgan fingerprint density at radius 1 is 1.35 bits per heavy atom. The number of carbonyl (C=O) groups is 2. The predicted octanol–water partition coefficient (Wildman–Crippen LogP) is 2.72. The summed E-state index contributed by atoms with van der Waals surface area (Å²) in [4.78, 5) is 30.3. The van der Waals surface area contributed by atoms with Gasteiger partial charge < -0.3 is 19.5 Å². The van der Waals surface area contributed by atoms with Crippen LogP contribution in [-0.2, 0) is 4.79 Å². The van der Waals surface area contributed by atoms with Crippen LogP contribution in [0.3, 0.4) is 0 Å². The number of aromatic nitrogens is 1. The Hall–Kier alpha value is -2.61. The Kier molecular flexibility index (Phi) is 3.87. The summed E-state index contributed by atoms with van der Waals surface area (Å²) in [5.41, 5.74) is 0.263. The van der Waals surface area contributed by atoms with Crippen molar-refractivity contribution >= 4 is 23.2 Å². The second-order valence-electron chi connectivity index (χ2n) is 6.92. The van der Waals surface area contributed by atoms with Crippen LogP contribution in [0.1, 0.15) is 24.3 Å². The summed E-state index contributed by atoms with van der Waals surface area (Å²) in [5, 5.41) is 11.9. The molecule has 1 aromatic heterocycles. The lowest BCUT2D eigenvalue weighted by Gasteiger charge is -2.22. The number of fused-ring (bicyclic) bond motifs is 1. The molecule has 3 heterocycles. The normalized spacial score (nSPS) is 24.1. The van der Waals surface area contributed by atoms with Crippen molar-refractivity contribution in [1.29, 1.82) is 0 Å². The fourth-order valence-electron chi connectivity index (χ4n) is 3.28. The lowest BCUT2D eigenvalue weighted by molar-refractivity contribution is -0.148. The number of benzene rings is 1. The van der Waals surface area contributed by atoms with Crippen LogP contribution in [0.25, 0.3) is 10.6 Å². The van der Waals surface area contributed by atoms with Crippen molar-refractivity contribution < 1.29 is 24.2 Å². The Labute approximate surface area is 154 Å². The summed E-state index contributed by atoms with van der Waals surface area (Å²) in [6.45, 7) is 4.36. The van der Waals surface area contributed by atoms with Gasteiger partial charge in [-0.2, -0.15) is 0 Å². The first-order valence-corrected chi connectivity index (χ1v) is 9.14. The molecule has 0 radical (unpaired) electrons. The fourth-order valence-corrected chi connectivity index (χ4v) is 4.07. The topological polar surface area (TPSA) is 89.0 Å². The Morgan fingerprint density at radius 3 is 2.85 bits per heavy atom. The molecule has 1 amide bonds. The molecule has 26 heavy (non-hydrogen) atoms. The molecule has 1 aromatic carbocycles. The standard InChI is InChI=1S/C18H18N2O5S/c1-10-6-20(8-18(10,2)17(22)23)16(21)12-7-26-15(19-12)11-3-4-13-14(5-11)25-9-24-13/h3-5,7,10H,6,8-9H2,1-2H3,(H,22,23)/t10-,18-/m1/s1. The highest BCUT2D eigenvalue weighted by atomic mass is 32.1. The third kappa shape index (κ3) is 2.61. The largest absolute Gasteiger partial charge is 0.481 e. The van der Waals surface area contributed by atoms with E-state index in [1.54, 1.807) is 17.2 Å². The zero-order valence-electron chi connectivity index (χ0n) is 14.4. The van der Waals surface area contributed by atoms with E-state index in [0.29, 0.717) is 28.7 Å². The van der Waals surface area contributed by atoms with E-state index in [4.69, 9.17) is 9.47 Å². The highest BCUT2D eigenvalue weighted by Gasteiger charge is 2.48. The van der Waals surface area contributed by atoms with Gasteiger partial charge in [-0.25, -0.2) is 4.98 Å².